The maximum Gasteiger partial charge on any atom is 0.253 e. The predicted octanol–water partition coefficient (Wildman–Crippen LogP) is 2.20. The maximum absolute atomic E-state index is 12.1. The Balaban J connectivity index is 2.49. The molecule has 0 saturated heterocycles. The van der Waals surface area contributed by atoms with Gasteiger partial charge in [0, 0.05) is 19.2 Å². The maximum atomic E-state index is 12.1. The molecular weight excluding hydrogens is 212 g/mol. The number of aryl methyl sites for hydroxylation is 1. The number of unbranched alkanes of at least 4 members (excludes halogenated alkanes) is 2. The number of hydrogen-bond donors (Lipinski definition) is 1. The Morgan fingerprint density at radius 3 is 2.59 bits per heavy atom. The van der Waals surface area contributed by atoms with Crippen LogP contribution < -0.4 is 5.73 Å². The third-order valence-electron chi connectivity index (χ3n) is 2.92. The van der Waals surface area contributed by atoms with Crippen LogP contribution in [0.15, 0.2) is 24.3 Å². The molecule has 1 aromatic carbocycles. The molecule has 0 aliphatic heterocycles. The second-order valence-corrected chi connectivity index (χ2v) is 4.39. The number of nitrogens with two attached hydrogens (primary N) is 1. The van der Waals surface area contributed by atoms with Crippen LogP contribution in [0.5, 0.6) is 0 Å². The minimum atomic E-state index is 0.107. The molecule has 0 heterocycles. The van der Waals surface area contributed by atoms with E-state index in [0.29, 0.717) is 0 Å². The lowest BCUT2D eigenvalue weighted by atomic mass is 10.1. The van der Waals surface area contributed by atoms with Crippen LogP contribution >= 0.6 is 0 Å². The number of nitrogens with zero attached hydrogens (tertiary/aromatic N) is 1. The highest BCUT2D eigenvalue weighted by Gasteiger charge is 2.12. The van der Waals surface area contributed by atoms with E-state index < -0.39 is 0 Å². The molecule has 1 rings (SSSR count). The van der Waals surface area contributed by atoms with E-state index in [9.17, 15) is 4.79 Å². The summed E-state index contributed by atoms with van der Waals surface area (Å²) in [5.41, 5.74) is 7.27. The molecular formula is C14H22N2O. The first-order valence-electron chi connectivity index (χ1n) is 6.18. The van der Waals surface area contributed by atoms with E-state index in [1.54, 1.807) is 4.90 Å². The average molecular weight is 234 g/mol. The highest BCUT2D eigenvalue weighted by Crippen LogP contribution is 2.10. The van der Waals surface area contributed by atoms with Gasteiger partial charge in [-0.2, -0.15) is 0 Å². The lowest BCUT2D eigenvalue weighted by Gasteiger charge is -2.18. The van der Waals surface area contributed by atoms with Crippen LogP contribution in [0, 0.1) is 6.92 Å². The highest BCUT2D eigenvalue weighted by molar-refractivity contribution is 5.95. The standard InChI is InChI=1S/C14H22N2O/c1-12-8-4-5-9-13(12)14(17)16(2)11-7-3-6-10-15/h4-5,8-9H,3,6-7,10-11,15H2,1-2H3. The highest BCUT2D eigenvalue weighted by atomic mass is 16.2. The van der Waals surface area contributed by atoms with Crippen molar-refractivity contribution in [3.8, 4) is 0 Å². The molecule has 0 bridgehead atoms. The van der Waals surface area contributed by atoms with Crippen molar-refractivity contribution in [1.29, 1.82) is 0 Å². The Bertz CT molecular complexity index is 363. The predicted molar refractivity (Wildman–Crippen MR) is 71.0 cm³/mol. The molecule has 0 unspecified atom stereocenters. The topological polar surface area (TPSA) is 46.3 Å². The van der Waals surface area contributed by atoms with E-state index in [-0.39, 0.29) is 5.91 Å². The molecule has 0 fully saturated rings. The molecule has 94 valence electrons. The molecule has 0 spiro atoms. The molecule has 1 aromatic rings. The van der Waals surface area contributed by atoms with Crippen LogP contribution in [0.1, 0.15) is 35.2 Å². The zero-order valence-corrected chi connectivity index (χ0v) is 10.8. The Morgan fingerprint density at radius 2 is 1.94 bits per heavy atom. The van der Waals surface area contributed by atoms with Gasteiger partial charge in [0.15, 0.2) is 0 Å². The van der Waals surface area contributed by atoms with Gasteiger partial charge in [-0.25, -0.2) is 0 Å². The van der Waals surface area contributed by atoms with Gasteiger partial charge in [-0.1, -0.05) is 24.6 Å². The quantitative estimate of drug-likeness (QED) is 0.767. The third-order valence-corrected chi connectivity index (χ3v) is 2.92. The summed E-state index contributed by atoms with van der Waals surface area (Å²) in [6.07, 6.45) is 3.14. The van der Waals surface area contributed by atoms with Gasteiger partial charge in [-0.3, -0.25) is 4.79 Å². The number of benzene rings is 1. The summed E-state index contributed by atoms with van der Waals surface area (Å²) in [7, 11) is 1.86. The van der Waals surface area contributed by atoms with Crippen molar-refractivity contribution in [3.63, 3.8) is 0 Å². The normalized spacial score (nSPS) is 10.3. The van der Waals surface area contributed by atoms with Gasteiger partial charge < -0.3 is 10.6 Å². The fourth-order valence-corrected chi connectivity index (χ4v) is 1.79. The monoisotopic (exact) mass is 234 g/mol. The Kier molecular flexibility index (Phi) is 5.70. The minimum Gasteiger partial charge on any atom is -0.342 e. The van der Waals surface area contributed by atoms with E-state index in [1.807, 2.05) is 38.2 Å². The average Bonchev–Trinajstić information content (AvgIpc) is 2.34. The fraction of sp³-hybridized carbons (Fsp3) is 0.500. The van der Waals surface area contributed by atoms with E-state index >= 15 is 0 Å². The number of rotatable bonds is 6. The first kappa shape index (κ1) is 13.7. The molecule has 0 saturated carbocycles. The molecule has 17 heavy (non-hydrogen) atoms. The van der Waals surface area contributed by atoms with Crippen LogP contribution in [0.2, 0.25) is 0 Å². The number of amides is 1. The van der Waals surface area contributed by atoms with Crippen molar-refractivity contribution in [3.05, 3.63) is 35.4 Å². The van der Waals surface area contributed by atoms with E-state index in [2.05, 4.69) is 0 Å². The fourth-order valence-electron chi connectivity index (χ4n) is 1.79. The molecule has 0 aliphatic carbocycles. The second kappa shape index (κ2) is 7.07. The van der Waals surface area contributed by atoms with Crippen LogP contribution in [0.3, 0.4) is 0 Å². The summed E-state index contributed by atoms with van der Waals surface area (Å²) in [5, 5.41) is 0. The van der Waals surface area contributed by atoms with Crippen molar-refractivity contribution in [2.45, 2.75) is 26.2 Å². The smallest absolute Gasteiger partial charge is 0.253 e. The van der Waals surface area contributed by atoms with Gasteiger partial charge in [0.25, 0.3) is 5.91 Å². The molecule has 3 nitrogen and oxygen atoms in total. The van der Waals surface area contributed by atoms with Gasteiger partial charge >= 0.3 is 0 Å². The van der Waals surface area contributed by atoms with E-state index in [1.165, 1.54) is 0 Å². The molecule has 0 aliphatic rings. The first-order valence-corrected chi connectivity index (χ1v) is 6.18. The number of hydrogen-bond acceptors (Lipinski definition) is 2. The van der Waals surface area contributed by atoms with Gasteiger partial charge in [-0.05, 0) is 37.9 Å². The summed E-state index contributed by atoms with van der Waals surface area (Å²) in [6.45, 7) is 3.50. The Hall–Kier alpha value is -1.35. The first-order chi connectivity index (χ1) is 8.16. The van der Waals surface area contributed by atoms with E-state index in [0.717, 1.165) is 43.5 Å². The van der Waals surface area contributed by atoms with E-state index in [4.69, 9.17) is 5.73 Å². The summed E-state index contributed by atoms with van der Waals surface area (Å²) in [6, 6.07) is 7.71. The van der Waals surface area contributed by atoms with Crippen LogP contribution in [-0.4, -0.2) is 30.9 Å². The van der Waals surface area contributed by atoms with Gasteiger partial charge in [0.2, 0.25) is 0 Å². The minimum absolute atomic E-state index is 0.107. The van der Waals surface area contributed by atoms with Crippen molar-refractivity contribution in [1.82, 2.24) is 4.90 Å². The Labute approximate surface area is 104 Å². The van der Waals surface area contributed by atoms with Gasteiger partial charge in [0.1, 0.15) is 0 Å². The SMILES string of the molecule is Cc1ccccc1C(=O)N(C)CCCCCN. The second-order valence-electron chi connectivity index (χ2n) is 4.39. The van der Waals surface area contributed by atoms with Crippen molar-refractivity contribution in [2.75, 3.05) is 20.1 Å². The largest absolute Gasteiger partial charge is 0.342 e. The lowest BCUT2D eigenvalue weighted by molar-refractivity contribution is 0.0792. The molecule has 0 aromatic heterocycles. The lowest BCUT2D eigenvalue weighted by Crippen LogP contribution is -2.28. The van der Waals surface area contributed by atoms with Gasteiger partial charge in [-0.15, -0.1) is 0 Å². The zero-order chi connectivity index (χ0) is 12.7. The molecule has 0 radical (unpaired) electrons. The van der Waals surface area contributed by atoms with Crippen LogP contribution in [0.4, 0.5) is 0 Å². The van der Waals surface area contributed by atoms with Gasteiger partial charge in [0.05, 0.1) is 0 Å². The summed E-state index contributed by atoms with van der Waals surface area (Å²) < 4.78 is 0. The van der Waals surface area contributed by atoms with Crippen molar-refractivity contribution >= 4 is 5.91 Å². The molecule has 3 heteroatoms. The third kappa shape index (κ3) is 4.19. The summed E-state index contributed by atoms with van der Waals surface area (Å²) in [4.78, 5) is 13.9. The molecule has 1 amide bonds. The molecule has 0 atom stereocenters. The van der Waals surface area contributed by atoms with Crippen molar-refractivity contribution in [2.24, 2.45) is 5.73 Å². The summed E-state index contributed by atoms with van der Waals surface area (Å²) in [5.74, 6) is 0.107. The Morgan fingerprint density at radius 1 is 1.24 bits per heavy atom. The van der Waals surface area contributed by atoms with Crippen molar-refractivity contribution < 1.29 is 4.79 Å². The van der Waals surface area contributed by atoms with Crippen LogP contribution in [-0.2, 0) is 0 Å². The number of carbonyl (C=O) groups excluding carboxylic acids is 1. The van der Waals surface area contributed by atoms with Crippen LogP contribution in [0.25, 0.3) is 0 Å². The molecule has 2 N–H and O–H groups in total. The summed E-state index contributed by atoms with van der Waals surface area (Å²) >= 11 is 0. The number of carbonyl (C=O) groups is 1. The zero-order valence-electron chi connectivity index (χ0n) is 10.8.